The molecular weight excluding hydrogens is 407 g/mol. The fourth-order valence-corrected chi connectivity index (χ4v) is 4.00. The number of hydrogen-bond donors (Lipinski definition) is 0. The van der Waals surface area contributed by atoms with Gasteiger partial charge in [-0.3, -0.25) is 9.10 Å². The molecule has 0 unspecified atom stereocenters. The molecule has 0 bridgehead atoms. The highest BCUT2D eigenvalue weighted by atomic mass is 32.2. The molecule has 0 N–H and O–H groups in total. The van der Waals surface area contributed by atoms with E-state index in [9.17, 15) is 26.4 Å². The van der Waals surface area contributed by atoms with E-state index in [4.69, 9.17) is 0 Å². The van der Waals surface area contributed by atoms with Gasteiger partial charge in [0.1, 0.15) is 24.0 Å². The smallest absolute Gasteiger partial charge is 0.243 e. The second kappa shape index (κ2) is 8.32. The summed E-state index contributed by atoms with van der Waals surface area (Å²) in [4.78, 5) is 16.1. The van der Waals surface area contributed by atoms with Crippen LogP contribution in [0.25, 0.3) is 0 Å². The topological polar surface area (TPSA) is 60.9 Å². The molecule has 0 aromatic heterocycles. The van der Waals surface area contributed by atoms with Crippen LogP contribution in [-0.2, 0) is 14.8 Å². The lowest BCUT2D eigenvalue weighted by Crippen LogP contribution is -2.52. The quantitative estimate of drug-likeness (QED) is 0.734. The molecule has 1 fully saturated rings. The Bertz CT molecular complexity index is 992. The van der Waals surface area contributed by atoms with E-state index in [0.717, 1.165) is 24.1 Å². The number of hydrogen-bond acceptors (Lipinski definition) is 4. The minimum absolute atomic E-state index is 0.333. The van der Waals surface area contributed by atoms with Crippen molar-refractivity contribution in [3.63, 3.8) is 0 Å². The van der Waals surface area contributed by atoms with Crippen molar-refractivity contribution in [2.75, 3.05) is 48.2 Å². The number of rotatable bonds is 5. The Morgan fingerprint density at radius 3 is 2.10 bits per heavy atom. The summed E-state index contributed by atoms with van der Waals surface area (Å²) >= 11 is 0. The number of halogens is 3. The van der Waals surface area contributed by atoms with Crippen LogP contribution in [0.15, 0.2) is 42.5 Å². The Kier molecular flexibility index (Phi) is 6.02. The molecule has 0 spiro atoms. The Hall–Kier alpha value is -2.75. The highest BCUT2D eigenvalue weighted by Gasteiger charge is 2.28. The maximum absolute atomic E-state index is 14.1. The monoisotopic (exact) mass is 427 g/mol. The lowest BCUT2D eigenvalue weighted by atomic mass is 10.2. The molecular formula is C19H20F3N3O3S. The third-order valence-corrected chi connectivity index (χ3v) is 5.81. The van der Waals surface area contributed by atoms with Crippen molar-refractivity contribution >= 4 is 27.3 Å². The Morgan fingerprint density at radius 2 is 1.55 bits per heavy atom. The van der Waals surface area contributed by atoms with Crippen LogP contribution < -0.4 is 9.21 Å². The summed E-state index contributed by atoms with van der Waals surface area (Å²) in [5.41, 5.74) is 0.442. The molecule has 1 amide bonds. The van der Waals surface area contributed by atoms with Gasteiger partial charge in [-0.05, 0) is 36.4 Å². The third-order valence-electron chi connectivity index (χ3n) is 4.68. The summed E-state index contributed by atoms with van der Waals surface area (Å²) < 4.78 is 65.1. The molecule has 6 nitrogen and oxygen atoms in total. The zero-order valence-corrected chi connectivity index (χ0v) is 16.5. The van der Waals surface area contributed by atoms with Gasteiger partial charge in [-0.15, -0.1) is 0 Å². The first-order valence-corrected chi connectivity index (χ1v) is 10.7. The molecule has 3 rings (SSSR count). The third kappa shape index (κ3) is 5.00. The van der Waals surface area contributed by atoms with Crippen molar-refractivity contribution in [1.82, 2.24) is 4.90 Å². The van der Waals surface area contributed by atoms with Crippen molar-refractivity contribution in [3.05, 3.63) is 59.9 Å². The van der Waals surface area contributed by atoms with Crippen molar-refractivity contribution in [2.45, 2.75) is 0 Å². The average Bonchev–Trinajstić information content (AvgIpc) is 2.66. The molecule has 1 saturated heterocycles. The van der Waals surface area contributed by atoms with Crippen molar-refractivity contribution in [1.29, 1.82) is 0 Å². The zero-order chi connectivity index (χ0) is 21.2. The summed E-state index contributed by atoms with van der Waals surface area (Å²) in [6.07, 6.45) is 0.857. The number of anilines is 2. The van der Waals surface area contributed by atoms with Crippen LogP contribution in [0.2, 0.25) is 0 Å². The molecule has 156 valence electrons. The number of carbonyl (C=O) groups is 1. The highest BCUT2D eigenvalue weighted by Crippen LogP contribution is 2.23. The first kappa shape index (κ1) is 21.0. The molecule has 29 heavy (non-hydrogen) atoms. The van der Waals surface area contributed by atoms with Gasteiger partial charge in [0.15, 0.2) is 0 Å². The number of amides is 1. The SMILES string of the molecule is CS(=O)(=O)N(CC(=O)N1CCN(c2ccc(F)cc2)CC1)c1ccc(F)cc1F. The lowest BCUT2D eigenvalue weighted by molar-refractivity contribution is -0.129. The number of sulfonamides is 1. The normalized spacial score (nSPS) is 14.8. The maximum Gasteiger partial charge on any atom is 0.243 e. The van der Waals surface area contributed by atoms with Crippen LogP contribution in [0.5, 0.6) is 0 Å². The van der Waals surface area contributed by atoms with Gasteiger partial charge >= 0.3 is 0 Å². The standard InChI is InChI=1S/C19H20F3N3O3S/c1-29(27,28)25(18-7-4-15(21)12-17(18)22)13-19(26)24-10-8-23(9-11-24)16-5-2-14(20)3-6-16/h2-7,12H,8-11,13H2,1H3. The molecule has 2 aromatic carbocycles. The molecule has 10 heteroatoms. The average molecular weight is 427 g/mol. The Morgan fingerprint density at radius 1 is 0.966 bits per heavy atom. The van der Waals surface area contributed by atoms with Crippen molar-refractivity contribution in [3.8, 4) is 0 Å². The fraction of sp³-hybridized carbons (Fsp3) is 0.316. The second-order valence-electron chi connectivity index (χ2n) is 6.71. The number of nitrogens with zero attached hydrogens (tertiary/aromatic N) is 3. The summed E-state index contributed by atoms with van der Waals surface area (Å²) in [6, 6.07) is 8.50. The predicted octanol–water partition coefficient (Wildman–Crippen LogP) is 2.22. The van der Waals surface area contributed by atoms with Gasteiger partial charge in [0, 0.05) is 37.9 Å². The number of piperazine rings is 1. The Labute approximate surface area is 167 Å². The van der Waals surface area contributed by atoms with E-state index in [2.05, 4.69) is 0 Å². The van der Waals surface area contributed by atoms with Gasteiger partial charge in [-0.2, -0.15) is 0 Å². The van der Waals surface area contributed by atoms with Crippen molar-refractivity contribution in [2.24, 2.45) is 0 Å². The largest absolute Gasteiger partial charge is 0.368 e. The van der Waals surface area contributed by atoms with E-state index in [-0.39, 0.29) is 11.5 Å². The summed E-state index contributed by atoms with van der Waals surface area (Å²) in [5.74, 6) is -2.73. The first-order valence-electron chi connectivity index (χ1n) is 8.86. The van der Waals surface area contributed by atoms with Crippen LogP contribution in [0, 0.1) is 17.5 Å². The zero-order valence-electron chi connectivity index (χ0n) is 15.7. The summed E-state index contributed by atoms with van der Waals surface area (Å²) in [5, 5.41) is 0. The summed E-state index contributed by atoms with van der Waals surface area (Å²) in [6.45, 7) is 1.06. The molecule has 0 atom stereocenters. The van der Waals surface area contributed by atoms with E-state index in [0.29, 0.717) is 36.6 Å². The minimum atomic E-state index is -3.97. The Balaban J connectivity index is 1.69. The molecule has 0 saturated carbocycles. The molecule has 1 aliphatic heterocycles. The van der Waals surface area contributed by atoms with E-state index < -0.39 is 34.1 Å². The predicted molar refractivity (Wildman–Crippen MR) is 104 cm³/mol. The fourth-order valence-electron chi connectivity index (χ4n) is 3.15. The molecule has 2 aromatic rings. The first-order chi connectivity index (χ1) is 13.6. The summed E-state index contributed by atoms with van der Waals surface area (Å²) in [7, 11) is -3.97. The van der Waals surface area contributed by atoms with Gasteiger partial charge in [0.2, 0.25) is 15.9 Å². The van der Waals surface area contributed by atoms with Crippen LogP contribution in [0.3, 0.4) is 0 Å². The van der Waals surface area contributed by atoms with Crippen LogP contribution in [0.1, 0.15) is 0 Å². The van der Waals surface area contributed by atoms with Gasteiger partial charge in [-0.1, -0.05) is 0 Å². The van der Waals surface area contributed by atoms with E-state index in [1.807, 2.05) is 4.90 Å². The van der Waals surface area contributed by atoms with E-state index in [1.54, 1.807) is 12.1 Å². The molecule has 0 aliphatic carbocycles. The molecule has 0 radical (unpaired) electrons. The maximum atomic E-state index is 14.1. The van der Waals surface area contributed by atoms with Gasteiger partial charge in [0.25, 0.3) is 0 Å². The molecule has 1 aliphatic rings. The number of carbonyl (C=O) groups excluding carboxylic acids is 1. The molecule has 1 heterocycles. The second-order valence-corrected chi connectivity index (χ2v) is 8.62. The van der Waals surface area contributed by atoms with E-state index >= 15 is 0 Å². The van der Waals surface area contributed by atoms with Crippen LogP contribution in [0.4, 0.5) is 24.5 Å². The van der Waals surface area contributed by atoms with Crippen LogP contribution in [-0.4, -0.2) is 58.2 Å². The number of benzene rings is 2. The van der Waals surface area contributed by atoms with Crippen molar-refractivity contribution < 1.29 is 26.4 Å². The van der Waals surface area contributed by atoms with Gasteiger partial charge in [-0.25, -0.2) is 21.6 Å². The van der Waals surface area contributed by atoms with Crippen LogP contribution >= 0.6 is 0 Å². The van der Waals surface area contributed by atoms with Gasteiger partial charge in [0.05, 0.1) is 11.9 Å². The minimum Gasteiger partial charge on any atom is -0.368 e. The highest BCUT2D eigenvalue weighted by molar-refractivity contribution is 7.92. The lowest BCUT2D eigenvalue weighted by Gasteiger charge is -2.37. The van der Waals surface area contributed by atoms with Gasteiger partial charge < -0.3 is 9.80 Å². The van der Waals surface area contributed by atoms with E-state index in [1.165, 1.54) is 17.0 Å².